The maximum absolute atomic E-state index is 12.8. The van der Waals surface area contributed by atoms with Crippen molar-refractivity contribution in [3.05, 3.63) is 59.5 Å². The molecule has 3 aromatic heterocycles. The Balaban J connectivity index is 1.52. The molecule has 3 N–H and O–H groups in total. The second-order valence-electron chi connectivity index (χ2n) is 7.37. The van der Waals surface area contributed by atoms with Gasteiger partial charge in [0.2, 0.25) is 5.91 Å². The quantitative estimate of drug-likeness (QED) is 0.423. The molecule has 0 spiro atoms. The van der Waals surface area contributed by atoms with Crippen LogP contribution in [0.4, 0.5) is 5.13 Å². The number of para-hydroxylation sites is 1. The SMILES string of the molecule is Cc1[nH]c2ccccc2c1-c1csc(NC(=O)[C@@H](NC(=O)c2ccco2)C(C)C)n1. The van der Waals surface area contributed by atoms with Crippen LogP contribution in [0.25, 0.3) is 22.2 Å². The number of fused-ring (bicyclic) bond motifs is 1. The molecule has 7 nitrogen and oxygen atoms in total. The first-order valence-corrected chi connectivity index (χ1v) is 10.5. The molecule has 1 atom stereocenters. The van der Waals surface area contributed by atoms with E-state index in [2.05, 4.69) is 20.6 Å². The van der Waals surface area contributed by atoms with Crippen molar-refractivity contribution < 1.29 is 14.0 Å². The van der Waals surface area contributed by atoms with Crippen LogP contribution >= 0.6 is 11.3 Å². The average Bonchev–Trinajstić information content (AvgIpc) is 3.44. The summed E-state index contributed by atoms with van der Waals surface area (Å²) in [5, 5.41) is 9.06. The number of nitrogens with one attached hydrogen (secondary N) is 3. The molecule has 0 bridgehead atoms. The fourth-order valence-corrected chi connectivity index (χ4v) is 4.10. The second-order valence-corrected chi connectivity index (χ2v) is 8.23. The van der Waals surface area contributed by atoms with Crippen LogP contribution in [0.15, 0.2) is 52.5 Å². The van der Waals surface area contributed by atoms with Crippen LogP contribution in [0.5, 0.6) is 0 Å². The molecular weight excluding hydrogens is 400 g/mol. The largest absolute Gasteiger partial charge is 0.459 e. The topological polar surface area (TPSA) is 100 Å². The van der Waals surface area contributed by atoms with Crippen LogP contribution in [0, 0.1) is 12.8 Å². The molecule has 154 valence electrons. The van der Waals surface area contributed by atoms with Gasteiger partial charge in [-0.25, -0.2) is 4.98 Å². The summed E-state index contributed by atoms with van der Waals surface area (Å²) in [6.07, 6.45) is 1.42. The van der Waals surface area contributed by atoms with Gasteiger partial charge in [-0.05, 0) is 31.0 Å². The first-order chi connectivity index (χ1) is 14.4. The number of H-pyrrole nitrogens is 1. The van der Waals surface area contributed by atoms with Gasteiger partial charge >= 0.3 is 0 Å². The van der Waals surface area contributed by atoms with Gasteiger partial charge in [0.05, 0.1) is 12.0 Å². The summed E-state index contributed by atoms with van der Waals surface area (Å²) in [5.41, 5.74) is 3.88. The standard InChI is InChI=1S/C22H22N4O3S/c1-12(2)19(25-20(27)17-9-6-10-29-17)21(28)26-22-24-16(11-30-22)18-13(3)23-15-8-5-4-7-14(15)18/h4-12,19,23H,1-3H3,(H,25,27)(H,24,26,28)/t19-/m0/s1. The number of carbonyl (C=O) groups excluding carboxylic acids is 2. The smallest absolute Gasteiger partial charge is 0.287 e. The van der Waals surface area contributed by atoms with Gasteiger partial charge in [0.1, 0.15) is 6.04 Å². The van der Waals surface area contributed by atoms with E-state index in [9.17, 15) is 9.59 Å². The maximum atomic E-state index is 12.8. The number of carbonyl (C=O) groups is 2. The number of amides is 2. The number of thiazole rings is 1. The number of hydrogen-bond donors (Lipinski definition) is 3. The van der Waals surface area contributed by atoms with Gasteiger partial charge in [0.15, 0.2) is 10.9 Å². The number of furan rings is 1. The highest BCUT2D eigenvalue weighted by atomic mass is 32.1. The Kier molecular flexibility index (Phi) is 5.41. The van der Waals surface area contributed by atoms with Gasteiger partial charge in [0, 0.05) is 27.5 Å². The lowest BCUT2D eigenvalue weighted by Gasteiger charge is -2.20. The highest BCUT2D eigenvalue weighted by Crippen LogP contribution is 2.33. The molecule has 8 heteroatoms. The predicted molar refractivity (Wildman–Crippen MR) is 118 cm³/mol. The molecule has 0 aliphatic carbocycles. The number of aryl methyl sites for hydroxylation is 1. The minimum absolute atomic E-state index is 0.112. The van der Waals surface area contributed by atoms with E-state index in [0.29, 0.717) is 5.13 Å². The Bertz CT molecular complexity index is 1190. The van der Waals surface area contributed by atoms with E-state index in [-0.39, 0.29) is 17.6 Å². The lowest BCUT2D eigenvalue weighted by atomic mass is 10.0. The van der Waals surface area contributed by atoms with Crippen molar-refractivity contribution in [1.29, 1.82) is 0 Å². The number of hydrogen-bond acceptors (Lipinski definition) is 5. The zero-order chi connectivity index (χ0) is 21.3. The first-order valence-electron chi connectivity index (χ1n) is 9.62. The molecule has 0 fully saturated rings. The van der Waals surface area contributed by atoms with Crippen LogP contribution in [0.2, 0.25) is 0 Å². The van der Waals surface area contributed by atoms with E-state index in [1.807, 2.05) is 50.4 Å². The van der Waals surface area contributed by atoms with Gasteiger partial charge in [-0.3, -0.25) is 9.59 Å². The van der Waals surface area contributed by atoms with Gasteiger partial charge in [-0.2, -0.15) is 0 Å². The Morgan fingerprint density at radius 1 is 1.17 bits per heavy atom. The molecule has 0 saturated heterocycles. The molecule has 0 unspecified atom stereocenters. The minimum Gasteiger partial charge on any atom is -0.459 e. The monoisotopic (exact) mass is 422 g/mol. The number of aromatic amines is 1. The van der Waals surface area contributed by atoms with Gasteiger partial charge in [0.25, 0.3) is 5.91 Å². The van der Waals surface area contributed by atoms with Crippen molar-refractivity contribution in [2.45, 2.75) is 26.8 Å². The highest BCUT2D eigenvalue weighted by molar-refractivity contribution is 7.14. The molecule has 4 rings (SSSR count). The van der Waals surface area contributed by atoms with Crippen molar-refractivity contribution in [3.63, 3.8) is 0 Å². The molecule has 0 saturated carbocycles. The van der Waals surface area contributed by atoms with Crippen LogP contribution in [0.1, 0.15) is 30.1 Å². The molecule has 4 aromatic rings. The van der Waals surface area contributed by atoms with E-state index in [4.69, 9.17) is 4.42 Å². The lowest BCUT2D eigenvalue weighted by molar-refractivity contribution is -0.118. The van der Waals surface area contributed by atoms with Crippen molar-refractivity contribution in [3.8, 4) is 11.3 Å². The Morgan fingerprint density at radius 3 is 2.70 bits per heavy atom. The average molecular weight is 423 g/mol. The number of aromatic nitrogens is 2. The summed E-state index contributed by atoms with van der Waals surface area (Å²) >= 11 is 1.35. The molecule has 3 heterocycles. The first kappa shape index (κ1) is 19.9. The van der Waals surface area contributed by atoms with Gasteiger partial charge in [-0.1, -0.05) is 32.0 Å². The van der Waals surface area contributed by atoms with E-state index >= 15 is 0 Å². The predicted octanol–water partition coefficient (Wildman–Crippen LogP) is 4.59. The molecule has 30 heavy (non-hydrogen) atoms. The van der Waals surface area contributed by atoms with Crippen LogP contribution in [-0.2, 0) is 4.79 Å². The van der Waals surface area contributed by atoms with Crippen LogP contribution < -0.4 is 10.6 Å². The summed E-state index contributed by atoms with van der Waals surface area (Å²) in [6.45, 7) is 5.75. The zero-order valence-electron chi connectivity index (χ0n) is 16.9. The second kappa shape index (κ2) is 8.16. The normalized spacial score (nSPS) is 12.3. The number of rotatable bonds is 6. The Morgan fingerprint density at radius 2 is 1.97 bits per heavy atom. The lowest BCUT2D eigenvalue weighted by Crippen LogP contribution is -2.47. The van der Waals surface area contributed by atoms with E-state index in [0.717, 1.165) is 27.9 Å². The summed E-state index contributed by atoms with van der Waals surface area (Å²) in [4.78, 5) is 33.1. The van der Waals surface area contributed by atoms with Crippen molar-refractivity contribution in [1.82, 2.24) is 15.3 Å². The fourth-order valence-electron chi connectivity index (χ4n) is 3.39. The van der Waals surface area contributed by atoms with Crippen molar-refractivity contribution in [2.75, 3.05) is 5.32 Å². The molecular formula is C22H22N4O3S. The zero-order valence-corrected chi connectivity index (χ0v) is 17.7. The van der Waals surface area contributed by atoms with Crippen molar-refractivity contribution in [2.24, 2.45) is 5.92 Å². The molecule has 0 aliphatic heterocycles. The number of anilines is 1. The Hall–Kier alpha value is -3.39. The van der Waals surface area contributed by atoms with E-state index in [1.165, 1.54) is 17.6 Å². The number of nitrogens with zero attached hydrogens (tertiary/aromatic N) is 1. The van der Waals surface area contributed by atoms with Gasteiger partial charge in [-0.15, -0.1) is 11.3 Å². The minimum atomic E-state index is -0.718. The third-order valence-corrected chi connectivity index (χ3v) is 5.62. The highest BCUT2D eigenvalue weighted by Gasteiger charge is 2.26. The molecule has 1 aromatic carbocycles. The summed E-state index contributed by atoms with van der Waals surface area (Å²) in [6, 6.07) is 10.5. The summed E-state index contributed by atoms with van der Waals surface area (Å²) in [7, 11) is 0. The maximum Gasteiger partial charge on any atom is 0.287 e. The number of benzene rings is 1. The van der Waals surface area contributed by atoms with E-state index < -0.39 is 11.9 Å². The molecule has 0 radical (unpaired) electrons. The molecule has 0 aliphatic rings. The third kappa shape index (κ3) is 3.86. The fraction of sp³-hybridized carbons (Fsp3) is 0.227. The Labute approximate surface area is 177 Å². The summed E-state index contributed by atoms with van der Waals surface area (Å²) in [5.74, 6) is -0.691. The third-order valence-electron chi connectivity index (χ3n) is 4.86. The van der Waals surface area contributed by atoms with Crippen LogP contribution in [0.3, 0.4) is 0 Å². The van der Waals surface area contributed by atoms with E-state index in [1.54, 1.807) is 12.1 Å². The van der Waals surface area contributed by atoms with Crippen molar-refractivity contribution >= 4 is 39.2 Å². The van der Waals surface area contributed by atoms with Crippen LogP contribution in [-0.4, -0.2) is 27.8 Å². The molecule has 2 amide bonds. The summed E-state index contributed by atoms with van der Waals surface area (Å²) < 4.78 is 5.11. The van der Waals surface area contributed by atoms with Gasteiger partial charge < -0.3 is 20.0 Å².